The van der Waals surface area contributed by atoms with Crippen molar-refractivity contribution in [2.45, 2.75) is 61.2 Å². The highest BCUT2D eigenvalue weighted by Gasteiger charge is 2.43. The summed E-state index contributed by atoms with van der Waals surface area (Å²) >= 11 is 0.990. The number of hydrogen-bond acceptors (Lipinski definition) is 6. The molecular weight excluding hydrogens is 422 g/mol. The number of aliphatic hydroxyl groups is 1. The highest BCUT2D eigenvalue weighted by molar-refractivity contribution is 7.92. The second kappa shape index (κ2) is 6.80. The van der Waals surface area contributed by atoms with E-state index in [0.717, 1.165) is 77.7 Å². The van der Waals surface area contributed by atoms with Crippen LogP contribution >= 0.6 is 11.3 Å². The Kier molecular flexibility index (Phi) is 4.43. The molecule has 1 fully saturated rings. The van der Waals surface area contributed by atoms with Crippen molar-refractivity contribution in [2.75, 3.05) is 5.32 Å². The van der Waals surface area contributed by atoms with Crippen LogP contribution in [0.15, 0.2) is 15.7 Å². The van der Waals surface area contributed by atoms with Gasteiger partial charge in [0, 0.05) is 5.69 Å². The molecule has 0 aliphatic heterocycles. The van der Waals surface area contributed by atoms with Crippen molar-refractivity contribution in [3.63, 3.8) is 0 Å². The smallest absolute Gasteiger partial charge is 0.333 e. The Bertz CT molecular complexity index is 1180. The van der Waals surface area contributed by atoms with E-state index in [-0.39, 0.29) is 4.21 Å². The fourth-order valence-electron chi connectivity index (χ4n) is 4.66. The van der Waals surface area contributed by atoms with E-state index in [1.165, 1.54) is 6.07 Å². The van der Waals surface area contributed by atoms with Crippen molar-refractivity contribution in [1.82, 2.24) is 4.72 Å². The van der Waals surface area contributed by atoms with E-state index in [2.05, 4.69) is 16.1 Å². The summed E-state index contributed by atoms with van der Waals surface area (Å²) in [4.78, 5) is 12.7. The molecule has 1 heterocycles. The van der Waals surface area contributed by atoms with Crippen LogP contribution in [0.5, 0.6) is 0 Å². The van der Waals surface area contributed by atoms with Gasteiger partial charge < -0.3 is 10.4 Å². The number of nitrogens with one attached hydrogen (secondary N) is 2. The number of carbonyl (C=O) groups excluding carboxylic acids is 1. The summed E-state index contributed by atoms with van der Waals surface area (Å²) in [5.74, 6) is 0. The van der Waals surface area contributed by atoms with Gasteiger partial charge in [-0.2, -0.15) is 5.26 Å². The normalized spacial score (nSPS) is 18.4. The fraction of sp³-hybridized carbons (Fsp3) is 0.429. The second-order valence-electron chi connectivity index (χ2n) is 8.23. The Labute approximate surface area is 178 Å². The number of amides is 2. The Morgan fingerprint density at radius 1 is 1.10 bits per heavy atom. The number of thiophene rings is 1. The maximum absolute atomic E-state index is 12.7. The molecule has 1 aromatic heterocycles. The van der Waals surface area contributed by atoms with E-state index in [0.29, 0.717) is 24.1 Å². The molecule has 0 saturated heterocycles. The summed E-state index contributed by atoms with van der Waals surface area (Å²) in [6.07, 6.45) is 6.23. The van der Waals surface area contributed by atoms with Gasteiger partial charge in [-0.1, -0.05) is 0 Å². The highest BCUT2D eigenvalue weighted by atomic mass is 32.2. The SMILES string of the molecule is N#Cc1c2c(c(NC(=O)NS(=O)(=O)c3cc(C4(O)CC4)cs3)c3c1CCC3)CCC2. The third-order valence-corrected chi connectivity index (χ3v) is 9.09. The van der Waals surface area contributed by atoms with Crippen molar-refractivity contribution >= 4 is 33.1 Å². The monoisotopic (exact) mass is 443 g/mol. The molecule has 3 aliphatic rings. The average Bonchev–Trinajstić information content (AvgIpc) is 3.19. The molecule has 9 heteroatoms. The van der Waals surface area contributed by atoms with Gasteiger partial charge in [0.2, 0.25) is 0 Å². The van der Waals surface area contributed by atoms with E-state index in [1.807, 2.05) is 0 Å². The first kappa shape index (κ1) is 19.5. The predicted octanol–water partition coefficient (Wildman–Crippen LogP) is 3.09. The Balaban J connectivity index is 1.41. The zero-order valence-corrected chi connectivity index (χ0v) is 17.9. The molecule has 0 spiro atoms. The first-order valence-electron chi connectivity index (χ1n) is 10.1. The van der Waals surface area contributed by atoms with Crippen LogP contribution in [0.1, 0.15) is 59.1 Å². The second-order valence-corrected chi connectivity index (χ2v) is 11.0. The quantitative estimate of drug-likeness (QED) is 0.671. The van der Waals surface area contributed by atoms with E-state index < -0.39 is 21.7 Å². The van der Waals surface area contributed by atoms with Crippen molar-refractivity contribution < 1.29 is 18.3 Å². The highest BCUT2D eigenvalue weighted by Crippen LogP contribution is 2.47. The lowest BCUT2D eigenvalue weighted by atomic mass is 9.93. The van der Waals surface area contributed by atoms with Gasteiger partial charge in [0.15, 0.2) is 0 Å². The van der Waals surface area contributed by atoms with E-state index >= 15 is 0 Å². The largest absolute Gasteiger partial charge is 0.385 e. The van der Waals surface area contributed by atoms with Gasteiger partial charge in [0.05, 0.1) is 17.2 Å². The van der Waals surface area contributed by atoms with Gasteiger partial charge in [-0.25, -0.2) is 17.9 Å². The number of urea groups is 1. The zero-order chi connectivity index (χ0) is 21.1. The van der Waals surface area contributed by atoms with Crippen LogP contribution < -0.4 is 10.0 Å². The van der Waals surface area contributed by atoms with Crippen molar-refractivity contribution in [3.8, 4) is 6.07 Å². The number of anilines is 1. The lowest BCUT2D eigenvalue weighted by molar-refractivity contribution is 0.152. The zero-order valence-electron chi connectivity index (χ0n) is 16.2. The van der Waals surface area contributed by atoms with Crippen LogP contribution in [0, 0.1) is 11.3 Å². The molecule has 5 rings (SSSR count). The molecule has 0 atom stereocenters. The molecule has 2 amide bonds. The molecule has 0 unspecified atom stereocenters. The Morgan fingerprint density at radius 2 is 1.70 bits per heavy atom. The minimum absolute atomic E-state index is 0.00302. The number of fused-ring (bicyclic) bond motifs is 2. The summed E-state index contributed by atoms with van der Waals surface area (Å²) in [6.45, 7) is 0. The molecule has 3 aliphatic carbocycles. The molecule has 30 heavy (non-hydrogen) atoms. The minimum atomic E-state index is -4.04. The molecule has 7 nitrogen and oxygen atoms in total. The molecule has 156 valence electrons. The summed E-state index contributed by atoms with van der Waals surface area (Å²) in [5, 5.41) is 24.2. The molecule has 3 N–H and O–H groups in total. The standard InChI is InChI=1S/C21H21N3O4S2/c22-10-17-13-3-1-5-15(13)19(16-6-2-4-14(16)17)23-20(25)24-30(27,28)18-9-12(11-29-18)21(26)7-8-21/h9,11,26H,1-8H2,(H2,23,24,25). The summed E-state index contributed by atoms with van der Waals surface area (Å²) in [5.41, 5.74) is 5.02. The van der Waals surface area contributed by atoms with Crippen LogP contribution in [-0.2, 0) is 41.3 Å². The van der Waals surface area contributed by atoms with Gasteiger partial charge in [-0.15, -0.1) is 11.3 Å². The molecular formula is C21H21N3O4S2. The van der Waals surface area contributed by atoms with Crippen LogP contribution in [0.4, 0.5) is 10.5 Å². The number of nitriles is 1. The summed E-state index contributed by atoms with van der Waals surface area (Å²) in [6, 6.07) is 2.98. The molecule has 1 saturated carbocycles. The first-order valence-corrected chi connectivity index (χ1v) is 12.4. The van der Waals surface area contributed by atoms with E-state index in [4.69, 9.17) is 0 Å². The molecule has 0 bridgehead atoms. The third kappa shape index (κ3) is 3.11. The van der Waals surface area contributed by atoms with Gasteiger partial charge in [0.25, 0.3) is 10.0 Å². The number of hydrogen-bond donors (Lipinski definition) is 3. The minimum Gasteiger partial charge on any atom is -0.385 e. The average molecular weight is 444 g/mol. The number of benzene rings is 1. The lowest BCUT2D eigenvalue weighted by Gasteiger charge is -2.18. The molecule has 0 radical (unpaired) electrons. The van der Waals surface area contributed by atoms with Crippen LogP contribution in [-0.4, -0.2) is 19.6 Å². The summed E-state index contributed by atoms with van der Waals surface area (Å²) in [7, 11) is -4.04. The Hall–Kier alpha value is -2.41. The van der Waals surface area contributed by atoms with Crippen molar-refractivity contribution in [3.05, 3.63) is 44.8 Å². The van der Waals surface area contributed by atoms with Crippen LogP contribution in [0.25, 0.3) is 0 Å². The summed E-state index contributed by atoms with van der Waals surface area (Å²) < 4.78 is 27.5. The van der Waals surface area contributed by atoms with Crippen molar-refractivity contribution in [1.29, 1.82) is 5.26 Å². The third-order valence-electron chi connectivity index (χ3n) is 6.32. The number of rotatable bonds is 4. The van der Waals surface area contributed by atoms with Gasteiger partial charge in [-0.3, -0.25) is 0 Å². The van der Waals surface area contributed by atoms with Crippen LogP contribution in [0.3, 0.4) is 0 Å². The maximum atomic E-state index is 12.7. The molecule has 1 aromatic carbocycles. The number of sulfonamides is 1. The number of nitrogens with zero attached hydrogens (tertiary/aromatic N) is 1. The van der Waals surface area contributed by atoms with Gasteiger partial charge >= 0.3 is 6.03 Å². The van der Waals surface area contributed by atoms with E-state index in [9.17, 15) is 23.6 Å². The predicted molar refractivity (Wildman–Crippen MR) is 112 cm³/mol. The fourth-order valence-corrected chi connectivity index (χ4v) is 6.84. The topological polar surface area (TPSA) is 119 Å². The lowest BCUT2D eigenvalue weighted by Crippen LogP contribution is -2.34. The van der Waals surface area contributed by atoms with Crippen molar-refractivity contribution in [2.24, 2.45) is 0 Å². The first-order chi connectivity index (χ1) is 14.3. The number of carbonyl (C=O) groups is 1. The van der Waals surface area contributed by atoms with Gasteiger partial charge in [-0.05, 0) is 90.6 Å². The van der Waals surface area contributed by atoms with Gasteiger partial charge in [0.1, 0.15) is 4.21 Å². The van der Waals surface area contributed by atoms with Crippen LogP contribution in [0.2, 0.25) is 0 Å². The maximum Gasteiger partial charge on any atom is 0.333 e. The Morgan fingerprint density at radius 3 is 2.27 bits per heavy atom. The molecule has 2 aromatic rings. The van der Waals surface area contributed by atoms with E-state index in [1.54, 1.807) is 5.38 Å².